The first kappa shape index (κ1) is 18.1. The number of nitrogens with one attached hydrogen (secondary N) is 1. The Balaban J connectivity index is 1.77. The van der Waals surface area contributed by atoms with Gasteiger partial charge in [-0.25, -0.2) is 8.42 Å². The van der Waals surface area contributed by atoms with Crippen LogP contribution in [0.15, 0.2) is 64.7 Å². The fraction of sp³-hybridized carbons (Fsp3) is 0.158. The number of sulfone groups is 1. The van der Waals surface area contributed by atoms with Crippen LogP contribution in [0.5, 0.6) is 0 Å². The average molecular weight is 395 g/mol. The van der Waals surface area contributed by atoms with Crippen molar-refractivity contribution >= 4 is 20.7 Å². The predicted molar refractivity (Wildman–Crippen MR) is 104 cm³/mol. The van der Waals surface area contributed by atoms with Gasteiger partial charge in [0.25, 0.3) is 5.56 Å². The maximum Gasteiger partial charge on any atom is 0.252 e. The van der Waals surface area contributed by atoms with Crippen LogP contribution < -0.4 is 5.56 Å². The molecule has 0 atom stereocenters. The second-order valence-electron chi connectivity index (χ2n) is 6.24. The molecule has 0 saturated carbocycles. The molecule has 3 heterocycles. The summed E-state index contributed by atoms with van der Waals surface area (Å²) in [7, 11) is -3.89. The monoisotopic (exact) mass is 395 g/mol. The second-order valence-corrected chi connectivity index (χ2v) is 8.12. The highest BCUT2D eigenvalue weighted by atomic mass is 32.2. The fourth-order valence-electron chi connectivity index (χ4n) is 3.06. The summed E-state index contributed by atoms with van der Waals surface area (Å²) in [5.74, 6) is -0.0952. The number of hydrogen-bond donors (Lipinski definition) is 1. The Morgan fingerprint density at radius 2 is 1.86 bits per heavy atom. The van der Waals surface area contributed by atoms with Crippen molar-refractivity contribution in [2.45, 2.75) is 24.4 Å². The molecular formula is C19H17N5O3S. The van der Waals surface area contributed by atoms with Gasteiger partial charge >= 0.3 is 0 Å². The first-order valence-electron chi connectivity index (χ1n) is 8.68. The third-order valence-corrected chi connectivity index (χ3v) is 5.93. The predicted octanol–water partition coefficient (Wildman–Crippen LogP) is 2.18. The lowest BCUT2D eigenvalue weighted by Gasteiger charge is -2.08. The Labute approximate surface area is 160 Å². The minimum atomic E-state index is -3.89. The zero-order chi connectivity index (χ0) is 19.7. The number of hydrogen-bond acceptors (Lipinski definition) is 6. The SMILES string of the molecule is CCn1c(-c2ccccn2)nnc1S(=O)(=O)Cc1cc2ccccc2[nH]c1=O. The van der Waals surface area contributed by atoms with Crippen molar-refractivity contribution < 1.29 is 8.42 Å². The molecular weight excluding hydrogens is 378 g/mol. The Hall–Kier alpha value is -3.33. The quantitative estimate of drug-likeness (QED) is 0.554. The van der Waals surface area contributed by atoms with Gasteiger partial charge in [0.05, 0.1) is 5.75 Å². The number of fused-ring (bicyclic) bond motifs is 1. The molecule has 0 aliphatic heterocycles. The number of aromatic amines is 1. The van der Waals surface area contributed by atoms with E-state index < -0.39 is 21.1 Å². The highest BCUT2D eigenvalue weighted by Crippen LogP contribution is 2.21. The molecule has 8 nitrogen and oxygen atoms in total. The van der Waals surface area contributed by atoms with Crippen LogP contribution in [0.4, 0.5) is 0 Å². The molecule has 1 N–H and O–H groups in total. The second kappa shape index (κ2) is 7.01. The molecule has 3 aromatic heterocycles. The van der Waals surface area contributed by atoms with E-state index in [9.17, 15) is 13.2 Å². The van der Waals surface area contributed by atoms with Gasteiger partial charge in [-0.2, -0.15) is 0 Å². The van der Waals surface area contributed by atoms with Crippen LogP contribution in [-0.2, 0) is 22.1 Å². The standard InChI is InChI=1S/C19H17N5O3S/c1-2-24-17(16-9-5-6-10-20-16)22-23-19(24)28(26,27)12-14-11-13-7-3-4-8-15(13)21-18(14)25/h3-11H,2,12H2,1H3,(H,21,25). The first-order chi connectivity index (χ1) is 13.5. The Morgan fingerprint density at radius 3 is 2.61 bits per heavy atom. The van der Waals surface area contributed by atoms with Gasteiger partial charge in [-0.05, 0) is 36.6 Å². The van der Waals surface area contributed by atoms with E-state index in [1.54, 1.807) is 49.5 Å². The minimum absolute atomic E-state index is 0.156. The third kappa shape index (κ3) is 3.20. The van der Waals surface area contributed by atoms with Gasteiger partial charge in [-0.3, -0.25) is 14.3 Å². The molecule has 0 aliphatic rings. The topological polar surface area (TPSA) is 111 Å². The molecule has 28 heavy (non-hydrogen) atoms. The van der Waals surface area contributed by atoms with Crippen molar-refractivity contribution in [3.63, 3.8) is 0 Å². The van der Waals surface area contributed by atoms with Crippen LogP contribution in [-0.4, -0.2) is 33.2 Å². The molecule has 9 heteroatoms. The van der Waals surface area contributed by atoms with Gasteiger partial charge in [-0.1, -0.05) is 24.3 Å². The van der Waals surface area contributed by atoms with Gasteiger partial charge in [0, 0.05) is 23.8 Å². The zero-order valence-electron chi connectivity index (χ0n) is 15.0. The summed E-state index contributed by atoms with van der Waals surface area (Å²) in [5.41, 5.74) is 0.906. The highest BCUT2D eigenvalue weighted by molar-refractivity contribution is 7.90. The first-order valence-corrected chi connectivity index (χ1v) is 10.3. The van der Waals surface area contributed by atoms with Gasteiger partial charge in [-0.15, -0.1) is 10.2 Å². The lowest BCUT2D eigenvalue weighted by Crippen LogP contribution is -2.19. The number of rotatable bonds is 5. The van der Waals surface area contributed by atoms with E-state index in [0.717, 1.165) is 5.39 Å². The Bertz CT molecular complexity index is 1310. The average Bonchev–Trinajstić information content (AvgIpc) is 3.14. The van der Waals surface area contributed by atoms with Gasteiger partial charge < -0.3 is 4.98 Å². The lowest BCUT2D eigenvalue weighted by atomic mass is 10.2. The van der Waals surface area contributed by atoms with Crippen molar-refractivity contribution in [1.82, 2.24) is 24.7 Å². The largest absolute Gasteiger partial charge is 0.322 e. The zero-order valence-corrected chi connectivity index (χ0v) is 15.8. The van der Waals surface area contributed by atoms with E-state index in [1.165, 1.54) is 4.57 Å². The normalized spacial score (nSPS) is 11.8. The third-order valence-electron chi connectivity index (χ3n) is 4.38. The Kier molecular flexibility index (Phi) is 4.52. The van der Waals surface area contributed by atoms with Crippen molar-refractivity contribution in [1.29, 1.82) is 0 Å². The van der Waals surface area contributed by atoms with E-state index in [2.05, 4.69) is 20.2 Å². The molecule has 0 radical (unpaired) electrons. The number of pyridine rings is 2. The number of nitrogens with zero attached hydrogens (tertiary/aromatic N) is 4. The molecule has 0 bridgehead atoms. The molecule has 0 unspecified atom stereocenters. The van der Waals surface area contributed by atoms with Crippen molar-refractivity contribution in [2.24, 2.45) is 0 Å². The lowest BCUT2D eigenvalue weighted by molar-refractivity contribution is 0.568. The van der Waals surface area contributed by atoms with Gasteiger partial charge in [0.15, 0.2) is 5.82 Å². The molecule has 4 rings (SSSR count). The Morgan fingerprint density at radius 1 is 1.07 bits per heavy atom. The molecule has 0 amide bonds. The number of benzene rings is 1. The summed E-state index contributed by atoms with van der Waals surface area (Å²) in [5, 5.41) is 8.50. The van der Waals surface area contributed by atoms with Crippen molar-refractivity contribution in [3.05, 3.63) is 70.6 Å². The number of H-pyrrole nitrogens is 1. The summed E-state index contributed by atoms with van der Waals surface area (Å²) in [6, 6.07) is 14.1. The van der Waals surface area contributed by atoms with E-state index >= 15 is 0 Å². The van der Waals surface area contributed by atoms with Gasteiger partial charge in [0.2, 0.25) is 15.0 Å². The van der Waals surface area contributed by atoms with Gasteiger partial charge in [0.1, 0.15) is 5.69 Å². The molecule has 0 spiro atoms. The molecule has 0 saturated heterocycles. The smallest absolute Gasteiger partial charge is 0.252 e. The fourth-order valence-corrected chi connectivity index (χ4v) is 4.53. The van der Waals surface area contributed by atoms with Crippen molar-refractivity contribution in [3.8, 4) is 11.5 Å². The summed E-state index contributed by atoms with van der Waals surface area (Å²) in [6.45, 7) is 2.15. The van der Waals surface area contributed by atoms with Crippen LogP contribution in [0, 0.1) is 0 Å². The minimum Gasteiger partial charge on any atom is -0.322 e. The molecule has 0 aliphatic carbocycles. The highest BCUT2D eigenvalue weighted by Gasteiger charge is 2.26. The van der Waals surface area contributed by atoms with E-state index in [1.807, 2.05) is 12.1 Å². The summed E-state index contributed by atoms with van der Waals surface area (Å²) in [6.07, 6.45) is 1.60. The molecule has 4 aromatic rings. The van der Waals surface area contributed by atoms with Crippen LogP contribution in [0.25, 0.3) is 22.4 Å². The van der Waals surface area contributed by atoms with Crippen molar-refractivity contribution in [2.75, 3.05) is 0 Å². The molecule has 0 fully saturated rings. The van der Waals surface area contributed by atoms with E-state index in [0.29, 0.717) is 23.6 Å². The van der Waals surface area contributed by atoms with E-state index in [4.69, 9.17) is 0 Å². The number of para-hydroxylation sites is 1. The van der Waals surface area contributed by atoms with E-state index in [-0.39, 0.29) is 10.7 Å². The number of aromatic nitrogens is 5. The van der Waals surface area contributed by atoms with Crippen LogP contribution in [0.1, 0.15) is 12.5 Å². The van der Waals surface area contributed by atoms with Crippen LogP contribution in [0.3, 0.4) is 0 Å². The summed E-state index contributed by atoms with van der Waals surface area (Å²) < 4.78 is 27.5. The molecule has 1 aromatic carbocycles. The molecule has 142 valence electrons. The summed E-state index contributed by atoms with van der Waals surface area (Å²) in [4.78, 5) is 19.3. The van der Waals surface area contributed by atoms with Crippen LogP contribution in [0.2, 0.25) is 0 Å². The maximum atomic E-state index is 13.0. The summed E-state index contributed by atoms with van der Waals surface area (Å²) >= 11 is 0. The van der Waals surface area contributed by atoms with Crippen LogP contribution >= 0.6 is 0 Å². The maximum absolute atomic E-state index is 13.0.